The van der Waals surface area contributed by atoms with E-state index < -0.39 is 5.82 Å². The first-order valence-electron chi connectivity index (χ1n) is 6.75. The van der Waals surface area contributed by atoms with Crippen LogP contribution in [0.1, 0.15) is 31.2 Å². The van der Waals surface area contributed by atoms with E-state index in [4.69, 9.17) is 5.73 Å². The van der Waals surface area contributed by atoms with Crippen LogP contribution in [0.2, 0.25) is 0 Å². The van der Waals surface area contributed by atoms with Gasteiger partial charge in [-0.15, -0.1) is 0 Å². The summed E-state index contributed by atoms with van der Waals surface area (Å²) in [6.45, 7) is 0.185. The molecular formula is C15H18FN3O. The van der Waals surface area contributed by atoms with Gasteiger partial charge < -0.3 is 16.4 Å². The Balaban J connectivity index is 2.05. The number of carbonyl (C=O) groups is 1. The predicted octanol–water partition coefficient (Wildman–Crippen LogP) is 2.20. The zero-order valence-corrected chi connectivity index (χ0v) is 11.2. The highest BCUT2D eigenvalue weighted by molar-refractivity contribution is 5.91. The molecule has 20 heavy (non-hydrogen) atoms. The zero-order valence-electron chi connectivity index (χ0n) is 11.2. The second kappa shape index (κ2) is 6.92. The molecule has 0 atom stereocenters. The monoisotopic (exact) mass is 275 g/mol. The van der Waals surface area contributed by atoms with Gasteiger partial charge in [-0.3, -0.25) is 0 Å². The highest BCUT2D eigenvalue weighted by atomic mass is 19.1. The van der Waals surface area contributed by atoms with Gasteiger partial charge >= 0.3 is 6.03 Å². The van der Waals surface area contributed by atoms with Crippen molar-refractivity contribution in [2.75, 3.05) is 11.9 Å². The fraction of sp³-hybridized carbons (Fsp3) is 0.400. The number of nitrogens with one attached hydrogen (secondary N) is 2. The van der Waals surface area contributed by atoms with E-state index in [2.05, 4.69) is 22.5 Å². The Bertz CT molecular complexity index is 542. The van der Waals surface area contributed by atoms with Crippen molar-refractivity contribution in [2.24, 2.45) is 5.73 Å². The lowest BCUT2D eigenvalue weighted by Gasteiger charge is -2.13. The van der Waals surface area contributed by atoms with Crippen molar-refractivity contribution in [3.63, 3.8) is 0 Å². The molecule has 1 fully saturated rings. The fourth-order valence-electron chi connectivity index (χ4n) is 2.29. The molecule has 2 amide bonds. The Morgan fingerprint density at radius 2 is 2.15 bits per heavy atom. The summed E-state index contributed by atoms with van der Waals surface area (Å²) in [4.78, 5) is 11.9. The Hall–Kier alpha value is -2.06. The number of carbonyl (C=O) groups excluding carboxylic acids is 1. The Labute approximate surface area is 117 Å². The number of rotatable bonds is 2. The summed E-state index contributed by atoms with van der Waals surface area (Å²) in [6, 6.07) is 4.03. The molecule has 106 valence electrons. The highest BCUT2D eigenvalue weighted by Gasteiger charge is 2.17. The van der Waals surface area contributed by atoms with E-state index in [9.17, 15) is 9.18 Å². The Kier molecular flexibility index (Phi) is 4.97. The molecule has 1 aromatic carbocycles. The second-order valence-corrected chi connectivity index (χ2v) is 4.78. The maximum atomic E-state index is 13.2. The zero-order chi connectivity index (χ0) is 14.4. The molecule has 1 aromatic rings. The molecule has 0 aliphatic heterocycles. The third kappa shape index (κ3) is 3.97. The van der Waals surface area contributed by atoms with Gasteiger partial charge in [0.15, 0.2) is 0 Å². The van der Waals surface area contributed by atoms with E-state index in [1.54, 1.807) is 0 Å². The minimum absolute atomic E-state index is 0.185. The van der Waals surface area contributed by atoms with Crippen LogP contribution in [0.3, 0.4) is 0 Å². The first-order valence-corrected chi connectivity index (χ1v) is 6.75. The lowest BCUT2D eigenvalue weighted by molar-refractivity contribution is 0.248. The summed E-state index contributed by atoms with van der Waals surface area (Å²) in [5.74, 6) is 5.02. The van der Waals surface area contributed by atoms with Gasteiger partial charge in [0, 0.05) is 6.04 Å². The maximum absolute atomic E-state index is 13.2. The standard InChI is InChI=1S/C15H18FN3O/c16-12-7-8-14(11(10-12)4-3-9-17)19-15(20)18-13-5-1-2-6-13/h7-8,10,13H,1-2,5-6,9,17H2,(H2,18,19,20). The molecule has 0 radical (unpaired) electrons. The van der Waals surface area contributed by atoms with Crippen molar-refractivity contribution in [3.05, 3.63) is 29.6 Å². The van der Waals surface area contributed by atoms with E-state index in [1.807, 2.05) is 0 Å². The fourth-order valence-corrected chi connectivity index (χ4v) is 2.29. The number of benzene rings is 1. The molecule has 0 heterocycles. The molecule has 2 rings (SSSR count). The average Bonchev–Trinajstić information content (AvgIpc) is 2.91. The van der Waals surface area contributed by atoms with Gasteiger partial charge in [0.2, 0.25) is 0 Å². The average molecular weight is 275 g/mol. The molecule has 0 saturated heterocycles. The van der Waals surface area contributed by atoms with E-state index >= 15 is 0 Å². The lowest BCUT2D eigenvalue weighted by Crippen LogP contribution is -2.36. The minimum Gasteiger partial charge on any atom is -0.335 e. The van der Waals surface area contributed by atoms with Gasteiger partial charge in [-0.1, -0.05) is 24.7 Å². The molecule has 0 bridgehead atoms. The molecule has 0 spiro atoms. The van der Waals surface area contributed by atoms with Crippen molar-refractivity contribution >= 4 is 11.7 Å². The Morgan fingerprint density at radius 1 is 1.40 bits per heavy atom. The molecule has 0 unspecified atom stereocenters. The Morgan fingerprint density at radius 3 is 2.85 bits per heavy atom. The van der Waals surface area contributed by atoms with Crippen molar-refractivity contribution in [3.8, 4) is 11.8 Å². The molecule has 1 aliphatic carbocycles. The lowest BCUT2D eigenvalue weighted by atomic mass is 10.1. The summed E-state index contributed by atoms with van der Waals surface area (Å²) < 4.78 is 13.2. The molecule has 1 aliphatic rings. The van der Waals surface area contributed by atoms with Crippen molar-refractivity contribution in [1.82, 2.24) is 5.32 Å². The molecular weight excluding hydrogens is 257 g/mol. The summed E-state index contributed by atoms with van der Waals surface area (Å²) in [5, 5.41) is 5.62. The molecule has 1 saturated carbocycles. The summed E-state index contributed by atoms with van der Waals surface area (Å²) in [7, 11) is 0. The second-order valence-electron chi connectivity index (χ2n) is 4.78. The molecule has 5 heteroatoms. The largest absolute Gasteiger partial charge is 0.335 e. The predicted molar refractivity (Wildman–Crippen MR) is 76.7 cm³/mol. The number of hydrogen-bond donors (Lipinski definition) is 3. The van der Waals surface area contributed by atoms with Gasteiger partial charge in [0.25, 0.3) is 0 Å². The van der Waals surface area contributed by atoms with Gasteiger partial charge in [-0.05, 0) is 31.0 Å². The van der Waals surface area contributed by atoms with Crippen LogP contribution >= 0.6 is 0 Å². The molecule has 4 N–H and O–H groups in total. The minimum atomic E-state index is -0.395. The quantitative estimate of drug-likeness (QED) is 0.724. The third-order valence-electron chi connectivity index (χ3n) is 3.25. The summed E-state index contributed by atoms with van der Waals surface area (Å²) in [5.41, 5.74) is 6.22. The molecule has 0 aromatic heterocycles. The van der Waals surface area contributed by atoms with Crippen LogP contribution in [-0.2, 0) is 0 Å². The van der Waals surface area contributed by atoms with E-state index in [0.29, 0.717) is 11.3 Å². The third-order valence-corrected chi connectivity index (χ3v) is 3.25. The first kappa shape index (κ1) is 14.4. The summed E-state index contributed by atoms with van der Waals surface area (Å²) >= 11 is 0. The first-order chi connectivity index (χ1) is 9.69. The van der Waals surface area contributed by atoms with Gasteiger partial charge in [0.1, 0.15) is 5.82 Å². The number of nitrogens with two attached hydrogens (primary N) is 1. The highest BCUT2D eigenvalue weighted by Crippen LogP contribution is 2.19. The van der Waals surface area contributed by atoms with Crippen molar-refractivity contribution in [1.29, 1.82) is 0 Å². The van der Waals surface area contributed by atoms with Crippen LogP contribution < -0.4 is 16.4 Å². The molecule has 4 nitrogen and oxygen atoms in total. The maximum Gasteiger partial charge on any atom is 0.319 e. The van der Waals surface area contributed by atoms with Crippen LogP contribution in [0.15, 0.2) is 18.2 Å². The van der Waals surface area contributed by atoms with Crippen molar-refractivity contribution < 1.29 is 9.18 Å². The number of halogens is 1. The smallest absolute Gasteiger partial charge is 0.319 e. The van der Waals surface area contributed by atoms with Crippen LogP contribution in [-0.4, -0.2) is 18.6 Å². The van der Waals surface area contributed by atoms with Gasteiger partial charge in [-0.25, -0.2) is 9.18 Å². The number of urea groups is 1. The van der Waals surface area contributed by atoms with Crippen LogP contribution in [0.25, 0.3) is 0 Å². The van der Waals surface area contributed by atoms with Crippen LogP contribution in [0.4, 0.5) is 14.9 Å². The number of anilines is 1. The van der Waals surface area contributed by atoms with Crippen LogP contribution in [0.5, 0.6) is 0 Å². The van der Waals surface area contributed by atoms with E-state index in [-0.39, 0.29) is 18.6 Å². The normalized spacial score (nSPS) is 14.5. The van der Waals surface area contributed by atoms with Gasteiger partial charge in [0.05, 0.1) is 17.8 Å². The number of hydrogen-bond acceptors (Lipinski definition) is 2. The van der Waals surface area contributed by atoms with Crippen LogP contribution in [0, 0.1) is 17.7 Å². The SMILES string of the molecule is NCC#Cc1cc(F)ccc1NC(=O)NC1CCCC1. The number of amides is 2. The van der Waals surface area contributed by atoms with E-state index in [0.717, 1.165) is 25.7 Å². The van der Waals surface area contributed by atoms with E-state index in [1.165, 1.54) is 18.2 Å². The van der Waals surface area contributed by atoms with Crippen molar-refractivity contribution in [2.45, 2.75) is 31.7 Å². The summed E-state index contributed by atoms with van der Waals surface area (Å²) in [6.07, 6.45) is 4.32. The van der Waals surface area contributed by atoms with Gasteiger partial charge in [-0.2, -0.15) is 0 Å². The topological polar surface area (TPSA) is 67.1 Å².